The highest BCUT2D eigenvalue weighted by atomic mass is 19.1. The molecule has 1 unspecified atom stereocenters. The van der Waals surface area contributed by atoms with Crippen LogP contribution >= 0.6 is 0 Å². The van der Waals surface area contributed by atoms with E-state index in [1.807, 2.05) is 31.2 Å². The van der Waals surface area contributed by atoms with Crippen molar-refractivity contribution in [1.29, 1.82) is 0 Å². The SMILES string of the molecule is CC(NCCc1ccccn1)c1cccc(F)c1. The first-order chi connectivity index (χ1) is 8.75. The Balaban J connectivity index is 1.83. The average Bonchev–Trinajstić information content (AvgIpc) is 2.40. The van der Waals surface area contributed by atoms with Crippen molar-refractivity contribution in [3.8, 4) is 0 Å². The average molecular weight is 244 g/mol. The van der Waals surface area contributed by atoms with Crippen LogP contribution in [0.15, 0.2) is 48.7 Å². The second-order valence-corrected chi connectivity index (χ2v) is 4.30. The molecule has 18 heavy (non-hydrogen) atoms. The summed E-state index contributed by atoms with van der Waals surface area (Å²) in [6, 6.07) is 12.7. The summed E-state index contributed by atoms with van der Waals surface area (Å²) in [4.78, 5) is 4.26. The van der Waals surface area contributed by atoms with Crippen LogP contribution in [0.25, 0.3) is 0 Å². The molecule has 0 aliphatic carbocycles. The van der Waals surface area contributed by atoms with Crippen LogP contribution in [0.4, 0.5) is 4.39 Å². The molecule has 0 amide bonds. The quantitative estimate of drug-likeness (QED) is 0.874. The minimum absolute atomic E-state index is 0.143. The highest BCUT2D eigenvalue weighted by molar-refractivity contribution is 5.19. The number of nitrogens with zero attached hydrogens (tertiary/aromatic N) is 1. The van der Waals surface area contributed by atoms with Gasteiger partial charge in [0, 0.05) is 30.9 Å². The topological polar surface area (TPSA) is 24.9 Å². The molecule has 3 heteroatoms. The molecular formula is C15H17FN2. The Labute approximate surface area is 107 Å². The minimum Gasteiger partial charge on any atom is -0.310 e. The molecule has 0 saturated carbocycles. The molecule has 0 saturated heterocycles. The van der Waals surface area contributed by atoms with Crippen molar-refractivity contribution in [3.05, 3.63) is 65.7 Å². The van der Waals surface area contributed by atoms with Crippen molar-refractivity contribution in [2.24, 2.45) is 0 Å². The van der Waals surface area contributed by atoms with E-state index in [1.165, 1.54) is 6.07 Å². The maximum Gasteiger partial charge on any atom is 0.123 e. The summed E-state index contributed by atoms with van der Waals surface area (Å²) >= 11 is 0. The number of halogens is 1. The molecule has 2 rings (SSSR count). The largest absolute Gasteiger partial charge is 0.310 e. The van der Waals surface area contributed by atoms with Gasteiger partial charge in [-0.25, -0.2) is 4.39 Å². The van der Waals surface area contributed by atoms with Crippen molar-refractivity contribution in [2.45, 2.75) is 19.4 Å². The third kappa shape index (κ3) is 3.64. The second-order valence-electron chi connectivity index (χ2n) is 4.30. The maximum absolute atomic E-state index is 13.1. The number of pyridine rings is 1. The van der Waals surface area contributed by atoms with Crippen LogP contribution in [-0.4, -0.2) is 11.5 Å². The summed E-state index contributed by atoms with van der Waals surface area (Å²) in [5, 5.41) is 3.37. The van der Waals surface area contributed by atoms with Gasteiger partial charge in [0.2, 0.25) is 0 Å². The van der Waals surface area contributed by atoms with E-state index in [-0.39, 0.29) is 11.9 Å². The standard InChI is InChI=1S/C15H17FN2/c1-12(13-5-4-6-14(16)11-13)17-10-8-15-7-2-3-9-18-15/h2-7,9,11-12,17H,8,10H2,1H3. The normalized spacial score (nSPS) is 12.3. The number of benzene rings is 1. The van der Waals surface area contributed by atoms with Crippen LogP contribution in [0.1, 0.15) is 24.2 Å². The minimum atomic E-state index is -0.189. The second kappa shape index (κ2) is 6.26. The highest BCUT2D eigenvalue weighted by Crippen LogP contribution is 2.13. The number of hydrogen-bond donors (Lipinski definition) is 1. The first-order valence-electron chi connectivity index (χ1n) is 6.14. The van der Waals surface area contributed by atoms with Crippen molar-refractivity contribution in [2.75, 3.05) is 6.54 Å². The Morgan fingerprint density at radius 3 is 2.83 bits per heavy atom. The molecule has 1 heterocycles. The molecule has 1 aromatic carbocycles. The summed E-state index contributed by atoms with van der Waals surface area (Å²) in [6.07, 6.45) is 2.67. The first-order valence-corrected chi connectivity index (χ1v) is 6.14. The lowest BCUT2D eigenvalue weighted by atomic mass is 10.1. The van der Waals surface area contributed by atoms with E-state index in [4.69, 9.17) is 0 Å². The number of aromatic nitrogens is 1. The molecule has 0 aliphatic rings. The lowest BCUT2D eigenvalue weighted by Crippen LogP contribution is -2.21. The summed E-state index contributed by atoms with van der Waals surface area (Å²) < 4.78 is 13.1. The number of hydrogen-bond acceptors (Lipinski definition) is 2. The third-order valence-corrected chi connectivity index (χ3v) is 2.91. The Morgan fingerprint density at radius 1 is 1.22 bits per heavy atom. The first kappa shape index (κ1) is 12.7. The van der Waals surface area contributed by atoms with Gasteiger partial charge in [-0.2, -0.15) is 0 Å². The lowest BCUT2D eigenvalue weighted by Gasteiger charge is -2.14. The fourth-order valence-electron chi connectivity index (χ4n) is 1.86. The van der Waals surface area contributed by atoms with Gasteiger partial charge >= 0.3 is 0 Å². The highest BCUT2D eigenvalue weighted by Gasteiger charge is 2.05. The van der Waals surface area contributed by atoms with E-state index in [2.05, 4.69) is 10.3 Å². The van der Waals surface area contributed by atoms with Crippen LogP contribution < -0.4 is 5.32 Å². The zero-order valence-corrected chi connectivity index (χ0v) is 10.4. The molecule has 0 spiro atoms. The molecule has 0 bridgehead atoms. The van der Waals surface area contributed by atoms with Gasteiger partial charge in [-0.15, -0.1) is 0 Å². The van der Waals surface area contributed by atoms with E-state index in [0.29, 0.717) is 0 Å². The molecule has 1 aromatic heterocycles. The van der Waals surface area contributed by atoms with Crippen molar-refractivity contribution < 1.29 is 4.39 Å². The zero-order chi connectivity index (χ0) is 12.8. The van der Waals surface area contributed by atoms with Gasteiger partial charge in [0.05, 0.1) is 0 Å². The Morgan fingerprint density at radius 2 is 2.11 bits per heavy atom. The van der Waals surface area contributed by atoms with Crippen LogP contribution in [0.5, 0.6) is 0 Å². The molecule has 0 radical (unpaired) electrons. The molecule has 2 aromatic rings. The molecule has 94 valence electrons. The van der Waals surface area contributed by atoms with Gasteiger partial charge in [-0.05, 0) is 36.8 Å². The molecule has 0 aliphatic heterocycles. The monoisotopic (exact) mass is 244 g/mol. The summed E-state index contributed by atoms with van der Waals surface area (Å²) in [5.41, 5.74) is 2.03. The lowest BCUT2D eigenvalue weighted by molar-refractivity contribution is 0.565. The predicted molar refractivity (Wildman–Crippen MR) is 70.8 cm³/mol. The number of rotatable bonds is 5. The predicted octanol–water partition coefficient (Wildman–Crippen LogP) is 3.11. The molecule has 0 fully saturated rings. The van der Waals surface area contributed by atoms with E-state index in [9.17, 15) is 4.39 Å². The third-order valence-electron chi connectivity index (χ3n) is 2.91. The van der Waals surface area contributed by atoms with Crippen LogP contribution in [-0.2, 0) is 6.42 Å². The van der Waals surface area contributed by atoms with Crippen LogP contribution in [0.2, 0.25) is 0 Å². The van der Waals surface area contributed by atoms with Crippen molar-refractivity contribution >= 4 is 0 Å². The van der Waals surface area contributed by atoms with E-state index in [0.717, 1.165) is 24.2 Å². The maximum atomic E-state index is 13.1. The summed E-state index contributed by atoms with van der Waals surface area (Å²) in [7, 11) is 0. The Kier molecular flexibility index (Phi) is 4.42. The van der Waals surface area contributed by atoms with Gasteiger partial charge in [0.15, 0.2) is 0 Å². The van der Waals surface area contributed by atoms with Gasteiger partial charge in [-0.3, -0.25) is 4.98 Å². The number of nitrogens with one attached hydrogen (secondary N) is 1. The van der Waals surface area contributed by atoms with Crippen LogP contribution in [0.3, 0.4) is 0 Å². The molecule has 1 N–H and O–H groups in total. The van der Waals surface area contributed by atoms with Gasteiger partial charge in [0.1, 0.15) is 5.82 Å². The van der Waals surface area contributed by atoms with Crippen molar-refractivity contribution in [1.82, 2.24) is 10.3 Å². The van der Waals surface area contributed by atoms with E-state index >= 15 is 0 Å². The molecule has 2 nitrogen and oxygen atoms in total. The van der Waals surface area contributed by atoms with Gasteiger partial charge in [-0.1, -0.05) is 18.2 Å². The van der Waals surface area contributed by atoms with E-state index in [1.54, 1.807) is 18.3 Å². The molecular weight excluding hydrogens is 227 g/mol. The molecule has 1 atom stereocenters. The van der Waals surface area contributed by atoms with Crippen LogP contribution in [0, 0.1) is 5.82 Å². The summed E-state index contributed by atoms with van der Waals surface area (Å²) in [6.45, 7) is 2.86. The Hall–Kier alpha value is -1.74. The van der Waals surface area contributed by atoms with Gasteiger partial charge < -0.3 is 5.32 Å². The van der Waals surface area contributed by atoms with Crippen molar-refractivity contribution in [3.63, 3.8) is 0 Å². The summed E-state index contributed by atoms with van der Waals surface area (Å²) in [5.74, 6) is -0.189. The Bertz CT molecular complexity index is 485. The van der Waals surface area contributed by atoms with Gasteiger partial charge in [0.25, 0.3) is 0 Å². The van der Waals surface area contributed by atoms with E-state index < -0.39 is 0 Å². The fraction of sp³-hybridized carbons (Fsp3) is 0.267. The fourth-order valence-corrected chi connectivity index (χ4v) is 1.86. The smallest absolute Gasteiger partial charge is 0.123 e. The zero-order valence-electron chi connectivity index (χ0n) is 10.4.